The summed E-state index contributed by atoms with van der Waals surface area (Å²) in [7, 11) is 0. The number of fused-ring (bicyclic) bond motifs is 2. The van der Waals surface area contributed by atoms with Gasteiger partial charge >= 0.3 is 0 Å². The summed E-state index contributed by atoms with van der Waals surface area (Å²) in [5.41, 5.74) is 0.489. The van der Waals surface area contributed by atoms with E-state index in [4.69, 9.17) is 0 Å². The number of carbonyl (C=O) groups excluding carboxylic acids is 2. The van der Waals surface area contributed by atoms with Crippen molar-refractivity contribution in [2.75, 3.05) is 13.1 Å². The fourth-order valence-corrected chi connectivity index (χ4v) is 3.85. The van der Waals surface area contributed by atoms with Gasteiger partial charge in [-0.3, -0.25) is 9.59 Å². The zero-order chi connectivity index (χ0) is 14.4. The minimum absolute atomic E-state index is 0.0136. The first-order valence-corrected chi connectivity index (χ1v) is 7.35. The van der Waals surface area contributed by atoms with E-state index in [0.29, 0.717) is 13.1 Å². The van der Waals surface area contributed by atoms with E-state index in [0.717, 1.165) is 18.4 Å². The van der Waals surface area contributed by atoms with Crippen LogP contribution in [0, 0.1) is 16.7 Å². The number of allylic oxidation sites excluding steroid dienone is 1. The fraction of sp³-hybridized carbons (Fsp3) is 0.750. The maximum atomic E-state index is 12.6. The lowest BCUT2D eigenvalue weighted by atomic mass is 9.70. The zero-order valence-corrected chi connectivity index (χ0v) is 12.7. The Morgan fingerprint density at radius 2 is 1.89 bits per heavy atom. The maximum absolute atomic E-state index is 12.6. The molecule has 2 rings (SSSR count). The van der Waals surface area contributed by atoms with Crippen molar-refractivity contribution < 1.29 is 9.59 Å². The monoisotopic (exact) mass is 263 g/mol. The molecule has 1 amide bonds. The molecule has 106 valence electrons. The highest BCUT2D eigenvalue weighted by atomic mass is 16.2. The molecule has 0 unspecified atom stereocenters. The SMILES string of the molecule is CCN(CC)C(=O)/C=C1\C(=O)[C@@]2(C)CC[C@H]1C2(C)C. The largest absolute Gasteiger partial charge is 0.340 e. The summed E-state index contributed by atoms with van der Waals surface area (Å²) in [6.45, 7) is 11.7. The second kappa shape index (κ2) is 4.46. The van der Waals surface area contributed by atoms with Crippen molar-refractivity contribution in [2.45, 2.75) is 47.5 Å². The van der Waals surface area contributed by atoms with E-state index >= 15 is 0 Å². The van der Waals surface area contributed by atoms with Crippen LogP contribution in [0.25, 0.3) is 0 Å². The molecule has 2 bridgehead atoms. The van der Waals surface area contributed by atoms with Gasteiger partial charge in [0.15, 0.2) is 5.78 Å². The standard InChI is InChI=1S/C16H25NO2/c1-6-17(7-2)13(18)10-11-12-8-9-16(5,14(11)19)15(12,3)4/h10,12H,6-9H2,1-5H3/b11-10-/t12-,16-/m1/s1. The van der Waals surface area contributed by atoms with Crippen molar-refractivity contribution in [2.24, 2.45) is 16.7 Å². The van der Waals surface area contributed by atoms with Gasteiger partial charge in [0.2, 0.25) is 5.91 Å². The van der Waals surface area contributed by atoms with Crippen molar-refractivity contribution in [1.82, 2.24) is 4.90 Å². The Morgan fingerprint density at radius 3 is 2.32 bits per heavy atom. The summed E-state index contributed by atoms with van der Waals surface area (Å²) in [6.07, 6.45) is 3.61. The molecule has 0 aliphatic heterocycles. The number of Topliss-reactive ketones (excluding diaryl/α,β-unsaturated/α-hetero) is 1. The Labute approximate surface area is 116 Å². The number of rotatable bonds is 3. The highest BCUT2D eigenvalue weighted by Gasteiger charge is 2.64. The highest BCUT2D eigenvalue weighted by Crippen LogP contribution is 2.65. The average molecular weight is 263 g/mol. The van der Waals surface area contributed by atoms with Crippen LogP contribution < -0.4 is 0 Å². The van der Waals surface area contributed by atoms with E-state index in [1.165, 1.54) is 0 Å². The first-order chi connectivity index (χ1) is 8.79. The molecule has 2 aliphatic carbocycles. The molecular weight excluding hydrogens is 238 g/mol. The lowest BCUT2D eigenvalue weighted by molar-refractivity contribution is -0.127. The van der Waals surface area contributed by atoms with Gasteiger partial charge in [-0.1, -0.05) is 20.8 Å². The van der Waals surface area contributed by atoms with Gasteiger partial charge in [-0.25, -0.2) is 0 Å². The quantitative estimate of drug-likeness (QED) is 0.734. The van der Waals surface area contributed by atoms with Crippen LogP contribution in [0.2, 0.25) is 0 Å². The molecule has 0 radical (unpaired) electrons. The number of hydrogen-bond donors (Lipinski definition) is 0. The molecular formula is C16H25NO2. The lowest BCUT2D eigenvalue weighted by Crippen LogP contribution is -2.33. The molecule has 0 heterocycles. The highest BCUT2D eigenvalue weighted by molar-refractivity contribution is 6.08. The van der Waals surface area contributed by atoms with E-state index in [2.05, 4.69) is 20.8 Å². The van der Waals surface area contributed by atoms with E-state index in [1.807, 2.05) is 13.8 Å². The summed E-state index contributed by atoms with van der Waals surface area (Å²) in [4.78, 5) is 26.6. The normalized spacial score (nSPS) is 34.1. The van der Waals surface area contributed by atoms with Crippen LogP contribution in [-0.4, -0.2) is 29.7 Å². The summed E-state index contributed by atoms with van der Waals surface area (Å²) in [5, 5.41) is 0. The van der Waals surface area contributed by atoms with Gasteiger partial charge in [0.1, 0.15) is 0 Å². The third kappa shape index (κ3) is 1.78. The fourth-order valence-electron chi connectivity index (χ4n) is 3.85. The molecule has 0 aromatic heterocycles. The van der Waals surface area contributed by atoms with Crippen molar-refractivity contribution in [3.8, 4) is 0 Å². The molecule has 2 fully saturated rings. The van der Waals surface area contributed by atoms with Crippen LogP contribution in [0.15, 0.2) is 11.6 Å². The number of amides is 1. The van der Waals surface area contributed by atoms with Crippen LogP contribution in [0.4, 0.5) is 0 Å². The number of carbonyl (C=O) groups is 2. The van der Waals surface area contributed by atoms with Crippen LogP contribution in [-0.2, 0) is 9.59 Å². The second-order valence-corrected chi connectivity index (χ2v) is 6.58. The van der Waals surface area contributed by atoms with Gasteiger partial charge in [0.25, 0.3) is 0 Å². The molecule has 3 nitrogen and oxygen atoms in total. The number of ketones is 1. The van der Waals surface area contributed by atoms with Gasteiger partial charge in [-0.15, -0.1) is 0 Å². The minimum atomic E-state index is -0.271. The number of nitrogens with zero attached hydrogens (tertiary/aromatic N) is 1. The van der Waals surface area contributed by atoms with Gasteiger partial charge in [0.05, 0.1) is 0 Å². The Morgan fingerprint density at radius 1 is 1.32 bits per heavy atom. The van der Waals surface area contributed by atoms with E-state index < -0.39 is 0 Å². The summed E-state index contributed by atoms with van der Waals surface area (Å²) < 4.78 is 0. The molecule has 0 aromatic carbocycles. The predicted molar refractivity (Wildman–Crippen MR) is 75.6 cm³/mol. The third-order valence-corrected chi connectivity index (χ3v) is 5.72. The number of likely N-dealkylation sites (N-methyl/N-ethyl adjacent to an activating group) is 1. The summed E-state index contributed by atoms with van der Waals surface area (Å²) in [6, 6.07) is 0. The van der Waals surface area contributed by atoms with Gasteiger partial charge in [-0.05, 0) is 38.0 Å². The van der Waals surface area contributed by atoms with Gasteiger partial charge in [-0.2, -0.15) is 0 Å². The Kier molecular flexibility index (Phi) is 3.36. The predicted octanol–water partition coefficient (Wildman–Crippen LogP) is 2.81. The molecule has 2 atom stereocenters. The zero-order valence-electron chi connectivity index (χ0n) is 12.7. The molecule has 0 N–H and O–H groups in total. The van der Waals surface area contributed by atoms with Crippen molar-refractivity contribution in [3.05, 3.63) is 11.6 Å². The lowest BCUT2D eigenvalue weighted by Gasteiger charge is -2.31. The van der Waals surface area contributed by atoms with Crippen molar-refractivity contribution in [1.29, 1.82) is 0 Å². The molecule has 2 saturated carbocycles. The number of hydrogen-bond acceptors (Lipinski definition) is 2. The van der Waals surface area contributed by atoms with Crippen molar-refractivity contribution >= 4 is 11.7 Å². The molecule has 3 heteroatoms. The van der Waals surface area contributed by atoms with Crippen LogP contribution in [0.5, 0.6) is 0 Å². The van der Waals surface area contributed by atoms with Gasteiger partial charge in [0, 0.05) is 30.2 Å². The Bertz CT molecular complexity index is 446. The summed E-state index contributed by atoms with van der Waals surface area (Å²) >= 11 is 0. The van der Waals surface area contributed by atoms with Crippen LogP contribution >= 0.6 is 0 Å². The van der Waals surface area contributed by atoms with Crippen LogP contribution in [0.3, 0.4) is 0 Å². The van der Waals surface area contributed by atoms with E-state index in [1.54, 1.807) is 11.0 Å². The second-order valence-electron chi connectivity index (χ2n) is 6.58. The Balaban J connectivity index is 2.33. The van der Waals surface area contributed by atoms with Crippen molar-refractivity contribution in [3.63, 3.8) is 0 Å². The Hall–Kier alpha value is -1.12. The first-order valence-electron chi connectivity index (χ1n) is 7.35. The third-order valence-electron chi connectivity index (χ3n) is 5.72. The molecule has 2 aliphatic rings. The molecule has 0 saturated heterocycles. The first kappa shape index (κ1) is 14.3. The van der Waals surface area contributed by atoms with Gasteiger partial charge < -0.3 is 4.90 Å². The molecule has 19 heavy (non-hydrogen) atoms. The molecule has 0 aromatic rings. The maximum Gasteiger partial charge on any atom is 0.246 e. The topological polar surface area (TPSA) is 37.4 Å². The van der Waals surface area contributed by atoms with Crippen LogP contribution in [0.1, 0.15) is 47.5 Å². The smallest absolute Gasteiger partial charge is 0.246 e. The average Bonchev–Trinajstić information content (AvgIpc) is 2.65. The van der Waals surface area contributed by atoms with E-state index in [9.17, 15) is 9.59 Å². The minimum Gasteiger partial charge on any atom is -0.340 e. The summed E-state index contributed by atoms with van der Waals surface area (Å²) in [5.74, 6) is 0.444. The molecule has 0 spiro atoms. The van der Waals surface area contributed by atoms with E-state index in [-0.39, 0.29) is 28.4 Å².